The molecule has 0 bridgehead atoms. The van der Waals surface area contributed by atoms with Crippen LogP contribution in [-0.2, 0) is 6.54 Å². The van der Waals surface area contributed by atoms with E-state index in [0.29, 0.717) is 28.8 Å². The van der Waals surface area contributed by atoms with Crippen molar-refractivity contribution >= 4 is 43.6 Å². The summed E-state index contributed by atoms with van der Waals surface area (Å²) in [7, 11) is 0. The lowest BCUT2D eigenvalue weighted by molar-refractivity contribution is 0.0958. The van der Waals surface area contributed by atoms with Crippen LogP contribution in [0.15, 0.2) is 63.6 Å². The van der Waals surface area contributed by atoms with E-state index >= 15 is 0 Å². The molecule has 32 heavy (non-hydrogen) atoms. The highest BCUT2D eigenvalue weighted by atomic mass is 32.1. The molecule has 0 saturated carbocycles. The molecule has 3 heterocycles. The van der Waals surface area contributed by atoms with Gasteiger partial charge in [-0.2, -0.15) is 0 Å². The van der Waals surface area contributed by atoms with Gasteiger partial charge < -0.3 is 13.6 Å². The van der Waals surface area contributed by atoms with E-state index in [9.17, 15) is 4.79 Å². The van der Waals surface area contributed by atoms with Crippen molar-refractivity contribution in [2.75, 3.05) is 11.5 Å². The number of furan rings is 2. The zero-order valence-corrected chi connectivity index (χ0v) is 18.9. The van der Waals surface area contributed by atoms with Gasteiger partial charge in [0.1, 0.15) is 5.76 Å². The summed E-state index contributed by atoms with van der Waals surface area (Å²) >= 11 is 1.48. The molecule has 0 aliphatic carbocycles. The third kappa shape index (κ3) is 3.65. The lowest BCUT2D eigenvalue weighted by atomic mass is 10.1. The van der Waals surface area contributed by atoms with Gasteiger partial charge in [-0.1, -0.05) is 29.5 Å². The number of carbonyl (C=O) groups excluding carboxylic acids is 1. The van der Waals surface area contributed by atoms with Crippen LogP contribution in [0, 0.1) is 13.8 Å². The number of ether oxygens (including phenoxy) is 1. The van der Waals surface area contributed by atoms with Crippen molar-refractivity contribution < 1.29 is 18.4 Å². The third-order valence-corrected chi connectivity index (χ3v) is 6.23. The van der Waals surface area contributed by atoms with Gasteiger partial charge in [0.15, 0.2) is 22.2 Å². The van der Waals surface area contributed by atoms with Crippen LogP contribution in [0.4, 0.5) is 5.13 Å². The molecule has 5 rings (SSSR count). The number of aromatic nitrogens is 1. The van der Waals surface area contributed by atoms with E-state index in [2.05, 4.69) is 19.1 Å². The molecule has 2 aromatic carbocycles. The second kappa shape index (κ2) is 8.16. The molecule has 6 nitrogen and oxygen atoms in total. The number of aryl methyl sites for hydroxylation is 2. The number of benzene rings is 2. The first-order chi connectivity index (χ1) is 15.5. The summed E-state index contributed by atoms with van der Waals surface area (Å²) in [6, 6.07) is 15.2. The molecule has 3 aromatic heterocycles. The zero-order chi connectivity index (χ0) is 22.2. The van der Waals surface area contributed by atoms with Gasteiger partial charge >= 0.3 is 0 Å². The number of amides is 1. The normalized spacial score (nSPS) is 11.3. The minimum Gasteiger partial charge on any atom is -0.490 e. The van der Waals surface area contributed by atoms with Gasteiger partial charge in [-0.15, -0.1) is 0 Å². The summed E-state index contributed by atoms with van der Waals surface area (Å²) in [4.78, 5) is 20.1. The third-order valence-electron chi connectivity index (χ3n) is 5.21. The number of hydrogen-bond acceptors (Lipinski definition) is 6. The molecular weight excluding hydrogens is 424 g/mol. The lowest BCUT2D eigenvalue weighted by Gasteiger charge is -2.17. The maximum Gasteiger partial charge on any atom is 0.296 e. The van der Waals surface area contributed by atoms with Crippen LogP contribution in [0.3, 0.4) is 0 Å². The van der Waals surface area contributed by atoms with Gasteiger partial charge in [0.25, 0.3) is 5.91 Å². The first-order valence-electron chi connectivity index (χ1n) is 10.4. The molecule has 0 unspecified atom stereocenters. The fraction of sp³-hybridized carbons (Fsp3) is 0.200. The van der Waals surface area contributed by atoms with Crippen molar-refractivity contribution in [1.29, 1.82) is 0 Å². The molecule has 0 radical (unpaired) electrons. The van der Waals surface area contributed by atoms with Crippen LogP contribution in [0.1, 0.15) is 34.4 Å². The first kappa shape index (κ1) is 20.3. The Bertz CT molecular complexity index is 1420. The van der Waals surface area contributed by atoms with Gasteiger partial charge in [-0.3, -0.25) is 9.69 Å². The standard InChI is InChI=1S/C25H22N2O4S/c1-4-29-19-9-5-7-17-13-20(31-23(17)19)24(28)27(14-18-8-6-10-30-18)25-26-22-16(3)11-15(2)12-21(22)32-25/h5-13H,4,14H2,1-3H3. The predicted molar refractivity (Wildman–Crippen MR) is 126 cm³/mol. The van der Waals surface area contributed by atoms with E-state index in [1.807, 2.05) is 38.1 Å². The molecule has 0 aliphatic heterocycles. The van der Waals surface area contributed by atoms with E-state index in [1.165, 1.54) is 11.3 Å². The Morgan fingerprint density at radius 3 is 2.81 bits per heavy atom. The number of hydrogen-bond donors (Lipinski definition) is 0. The maximum absolute atomic E-state index is 13.7. The van der Waals surface area contributed by atoms with Gasteiger partial charge in [-0.05, 0) is 62.2 Å². The smallest absolute Gasteiger partial charge is 0.296 e. The van der Waals surface area contributed by atoms with E-state index < -0.39 is 0 Å². The van der Waals surface area contributed by atoms with Crippen molar-refractivity contribution in [1.82, 2.24) is 4.98 Å². The zero-order valence-electron chi connectivity index (χ0n) is 18.0. The highest BCUT2D eigenvalue weighted by Gasteiger charge is 2.26. The number of thiazole rings is 1. The minimum atomic E-state index is -0.284. The average molecular weight is 447 g/mol. The molecule has 0 fully saturated rings. The quantitative estimate of drug-likeness (QED) is 0.298. The van der Waals surface area contributed by atoms with Crippen LogP contribution in [0.2, 0.25) is 0 Å². The molecule has 0 spiro atoms. The highest BCUT2D eigenvalue weighted by molar-refractivity contribution is 7.22. The molecule has 162 valence electrons. The van der Waals surface area contributed by atoms with E-state index in [4.69, 9.17) is 18.6 Å². The molecule has 0 saturated heterocycles. The summed E-state index contributed by atoms with van der Waals surface area (Å²) in [5, 5.41) is 1.41. The Hall–Kier alpha value is -3.58. The molecule has 5 aromatic rings. The van der Waals surface area contributed by atoms with Crippen LogP contribution in [-0.4, -0.2) is 17.5 Å². The molecule has 0 N–H and O–H groups in total. The van der Waals surface area contributed by atoms with Crippen LogP contribution < -0.4 is 9.64 Å². The minimum absolute atomic E-state index is 0.228. The topological polar surface area (TPSA) is 68.7 Å². The SMILES string of the molecule is CCOc1cccc2cc(C(=O)N(Cc3ccco3)c3nc4c(C)cc(C)cc4s3)oc12. The summed E-state index contributed by atoms with van der Waals surface area (Å²) in [6.45, 7) is 6.76. The van der Waals surface area contributed by atoms with E-state index in [1.54, 1.807) is 23.3 Å². The van der Waals surface area contributed by atoms with Crippen LogP contribution in [0.5, 0.6) is 5.75 Å². The fourth-order valence-electron chi connectivity index (χ4n) is 3.80. The number of fused-ring (bicyclic) bond motifs is 2. The first-order valence-corrected chi connectivity index (χ1v) is 11.2. The Kier molecular flexibility index (Phi) is 5.19. The largest absolute Gasteiger partial charge is 0.490 e. The average Bonchev–Trinajstić information content (AvgIpc) is 3.51. The Morgan fingerprint density at radius 2 is 2.03 bits per heavy atom. The Morgan fingerprint density at radius 1 is 1.16 bits per heavy atom. The second-order valence-electron chi connectivity index (χ2n) is 7.61. The number of para-hydroxylation sites is 1. The van der Waals surface area contributed by atoms with Gasteiger partial charge in [-0.25, -0.2) is 4.98 Å². The van der Waals surface area contributed by atoms with Gasteiger partial charge in [0.2, 0.25) is 0 Å². The number of carbonyl (C=O) groups is 1. The van der Waals surface area contributed by atoms with Crippen molar-refractivity contribution in [3.05, 3.63) is 77.4 Å². The van der Waals surface area contributed by atoms with Crippen molar-refractivity contribution in [2.45, 2.75) is 27.3 Å². The monoisotopic (exact) mass is 446 g/mol. The summed E-state index contributed by atoms with van der Waals surface area (Å²) in [5.41, 5.74) is 3.70. The molecule has 1 amide bonds. The molecule has 0 atom stereocenters. The van der Waals surface area contributed by atoms with Crippen molar-refractivity contribution in [3.63, 3.8) is 0 Å². The maximum atomic E-state index is 13.7. The Balaban J connectivity index is 1.59. The van der Waals surface area contributed by atoms with E-state index in [0.717, 1.165) is 26.7 Å². The van der Waals surface area contributed by atoms with Crippen LogP contribution >= 0.6 is 11.3 Å². The van der Waals surface area contributed by atoms with Crippen molar-refractivity contribution in [3.8, 4) is 5.75 Å². The molecular formula is C25H22N2O4S. The highest BCUT2D eigenvalue weighted by Crippen LogP contribution is 2.35. The van der Waals surface area contributed by atoms with Crippen molar-refractivity contribution in [2.24, 2.45) is 0 Å². The van der Waals surface area contributed by atoms with Gasteiger partial charge in [0, 0.05) is 5.39 Å². The summed E-state index contributed by atoms with van der Waals surface area (Å²) in [5.74, 6) is 1.23. The lowest BCUT2D eigenvalue weighted by Crippen LogP contribution is -2.29. The predicted octanol–water partition coefficient (Wildman–Crippen LogP) is 6.50. The molecule has 0 aliphatic rings. The number of rotatable bonds is 6. The number of anilines is 1. The fourth-order valence-corrected chi connectivity index (χ4v) is 4.94. The second-order valence-corrected chi connectivity index (χ2v) is 8.62. The summed E-state index contributed by atoms with van der Waals surface area (Å²) in [6.07, 6.45) is 1.60. The van der Waals surface area contributed by atoms with Gasteiger partial charge in [0.05, 0.1) is 29.6 Å². The van der Waals surface area contributed by atoms with E-state index in [-0.39, 0.29) is 18.2 Å². The summed E-state index contributed by atoms with van der Waals surface area (Å²) < 4.78 is 18.2. The number of nitrogens with zero attached hydrogens (tertiary/aromatic N) is 2. The molecule has 7 heteroatoms. The Labute approximate surface area is 189 Å². The van der Waals surface area contributed by atoms with Crippen LogP contribution in [0.25, 0.3) is 21.2 Å².